The summed E-state index contributed by atoms with van der Waals surface area (Å²) in [7, 11) is 0. The first-order valence-electron chi connectivity index (χ1n) is 2.99. The summed E-state index contributed by atoms with van der Waals surface area (Å²) in [6.45, 7) is 0. The van der Waals surface area contributed by atoms with E-state index in [1.165, 1.54) is 6.08 Å². The highest BCUT2D eigenvalue weighted by molar-refractivity contribution is 9.09. The van der Waals surface area contributed by atoms with E-state index in [1.807, 2.05) is 0 Å². The summed E-state index contributed by atoms with van der Waals surface area (Å²) in [6, 6.07) is 0. The molecule has 3 N–H and O–H groups in total. The normalized spacial score (nSPS) is 47.6. The van der Waals surface area contributed by atoms with Crippen LogP contribution in [0.25, 0.3) is 0 Å². The van der Waals surface area contributed by atoms with Crippen LogP contribution in [0.4, 0.5) is 0 Å². The predicted octanol–water partition coefficient (Wildman–Crippen LogP) is -0.598. The van der Waals surface area contributed by atoms with Gasteiger partial charge in [0.2, 0.25) is 0 Å². The van der Waals surface area contributed by atoms with Crippen LogP contribution in [0.2, 0.25) is 0 Å². The van der Waals surface area contributed by atoms with E-state index in [9.17, 15) is 0 Å². The highest BCUT2D eigenvalue weighted by Crippen LogP contribution is 2.19. The van der Waals surface area contributed by atoms with E-state index in [0.717, 1.165) is 0 Å². The standard InChI is InChI=1S/C6H9BrO3/c7-3-1-2-4(8)6(10)5(3)9/h1-6,8-10H/t3-,4-,5-,6-/m1/s1. The van der Waals surface area contributed by atoms with Gasteiger partial charge in [-0.3, -0.25) is 0 Å². The van der Waals surface area contributed by atoms with Crippen LogP contribution in [0, 0.1) is 0 Å². The van der Waals surface area contributed by atoms with Gasteiger partial charge in [-0.1, -0.05) is 28.1 Å². The Bertz CT molecular complexity index is 132. The molecule has 1 aliphatic rings. The first kappa shape index (κ1) is 8.20. The molecule has 1 aliphatic carbocycles. The minimum absolute atomic E-state index is 0.258. The van der Waals surface area contributed by atoms with Crippen molar-refractivity contribution in [3.05, 3.63) is 12.2 Å². The molecule has 10 heavy (non-hydrogen) atoms. The number of aliphatic hydroxyl groups is 3. The van der Waals surface area contributed by atoms with E-state index in [0.29, 0.717) is 0 Å². The largest absolute Gasteiger partial charge is 0.389 e. The molecular weight excluding hydrogens is 200 g/mol. The van der Waals surface area contributed by atoms with Gasteiger partial charge in [0, 0.05) is 0 Å². The molecule has 1 rings (SSSR count). The second-order valence-electron chi connectivity index (χ2n) is 2.30. The highest BCUT2D eigenvalue weighted by atomic mass is 79.9. The number of aliphatic hydroxyl groups excluding tert-OH is 3. The van der Waals surface area contributed by atoms with Crippen LogP contribution in [0.15, 0.2) is 12.2 Å². The molecule has 58 valence electrons. The van der Waals surface area contributed by atoms with Gasteiger partial charge in [-0.05, 0) is 0 Å². The van der Waals surface area contributed by atoms with E-state index in [-0.39, 0.29) is 4.83 Å². The van der Waals surface area contributed by atoms with E-state index < -0.39 is 18.3 Å². The van der Waals surface area contributed by atoms with Gasteiger partial charge in [-0.15, -0.1) is 0 Å². The average Bonchev–Trinajstić information content (AvgIpc) is 1.93. The minimum atomic E-state index is -1.07. The first-order chi connectivity index (χ1) is 4.63. The molecule has 3 nitrogen and oxygen atoms in total. The zero-order valence-corrected chi connectivity index (χ0v) is 6.77. The Morgan fingerprint density at radius 2 is 1.60 bits per heavy atom. The van der Waals surface area contributed by atoms with Crippen molar-refractivity contribution in [2.24, 2.45) is 0 Å². The van der Waals surface area contributed by atoms with Gasteiger partial charge in [0.15, 0.2) is 0 Å². The Kier molecular flexibility index (Phi) is 2.46. The van der Waals surface area contributed by atoms with Crippen molar-refractivity contribution in [3.8, 4) is 0 Å². The van der Waals surface area contributed by atoms with Crippen LogP contribution in [-0.2, 0) is 0 Å². The van der Waals surface area contributed by atoms with Crippen LogP contribution in [-0.4, -0.2) is 38.5 Å². The summed E-state index contributed by atoms with van der Waals surface area (Å²) in [5.41, 5.74) is 0. The van der Waals surface area contributed by atoms with Crippen LogP contribution in [0.3, 0.4) is 0 Å². The first-order valence-corrected chi connectivity index (χ1v) is 3.91. The smallest absolute Gasteiger partial charge is 0.111 e. The van der Waals surface area contributed by atoms with Crippen molar-refractivity contribution < 1.29 is 15.3 Å². The van der Waals surface area contributed by atoms with Crippen molar-refractivity contribution in [2.45, 2.75) is 23.1 Å². The van der Waals surface area contributed by atoms with Gasteiger partial charge in [-0.25, -0.2) is 0 Å². The van der Waals surface area contributed by atoms with Gasteiger partial charge in [0.1, 0.15) is 12.2 Å². The number of alkyl halides is 1. The second-order valence-corrected chi connectivity index (χ2v) is 3.36. The van der Waals surface area contributed by atoms with Crippen molar-refractivity contribution in [1.82, 2.24) is 0 Å². The summed E-state index contributed by atoms with van der Waals surface area (Å²) in [5.74, 6) is 0. The molecular formula is C6H9BrO3. The Morgan fingerprint density at radius 3 is 2.10 bits per heavy atom. The number of hydrogen-bond donors (Lipinski definition) is 3. The molecule has 0 spiro atoms. The Balaban J connectivity index is 2.69. The van der Waals surface area contributed by atoms with Crippen molar-refractivity contribution in [2.75, 3.05) is 0 Å². The minimum Gasteiger partial charge on any atom is -0.389 e. The zero-order chi connectivity index (χ0) is 7.72. The van der Waals surface area contributed by atoms with Crippen LogP contribution >= 0.6 is 15.9 Å². The molecule has 0 fully saturated rings. The lowest BCUT2D eigenvalue weighted by molar-refractivity contribution is -0.0422. The Morgan fingerprint density at radius 1 is 1.00 bits per heavy atom. The fraction of sp³-hybridized carbons (Fsp3) is 0.667. The van der Waals surface area contributed by atoms with Crippen molar-refractivity contribution in [1.29, 1.82) is 0 Å². The third kappa shape index (κ3) is 1.40. The van der Waals surface area contributed by atoms with Crippen LogP contribution in [0.1, 0.15) is 0 Å². The van der Waals surface area contributed by atoms with Crippen molar-refractivity contribution in [3.63, 3.8) is 0 Å². The summed E-state index contributed by atoms with van der Waals surface area (Å²) in [6.07, 6.45) is 0.136. The van der Waals surface area contributed by atoms with E-state index >= 15 is 0 Å². The zero-order valence-electron chi connectivity index (χ0n) is 5.18. The molecule has 0 aromatic rings. The predicted molar refractivity (Wildman–Crippen MR) is 39.9 cm³/mol. The lowest BCUT2D eigenvalue weighted by atomic mass is 9.99. The van der Waals surface area contributed by atoms with Crippen LogP contribution in [0.5, 0.6) is 0 Å². The summed E-state index contributed by atoms with van der Waals surface area (Å²) >= 11 is 3.11. The lowest BCUT2D eigenvalue weighted by Gasteiger charge is -2.27. The maximum atomic E-state index is 9.11. The molecule has 4 heteroatoms. The second kappa shape index (κ2) is 3.00. The molecule has 4 atom stereocenters. The number of rotatable bonds is 0. The Hall–Kier alpha value is 0.1000. The molecule has 0 heterocycles. The molecule has 0 unspecified atom stereocenters. The molecule has 0 bridgehead atoms. The van der Waals surface area contributed by atoms with Gasteiger partial charge >= 0.3 is 0 Å². The van der Waals surface area contributed by atoms with E-state index in [4.69, 9.17) is 15.3 Å². The maximum absolute atomic E-state index is 9.11. The lowest BCUT2D eigenvalue weighted by Crippen LogP contribution is -2.43. The monoisotopic (exact) mass is 208 g/mol. The van der Waals surface area contributed by atoms with Gasteiger partial charge in [0.05, 0.1) is 10.9 Å². The van der Waals surface area contributed by atoms with Crippen molar-refractivity contribution >= 4 is 15.9 Å². The summed E-state index contributed by atoms with van der Waals surface area (Å²) < 4.78 is 0. The molecule has 0 radical (unpaired) electrons. The fourth-order valence-corrected chi connectivity index (χ4v) is 1.33. The Labute approximate surface area is 67.1 Å². The van der Waals surface area contributed by atoms with Gasteiger partial charge in [-0.2, -0.15) is 0 Å². The van der Waals surface area contributed by atoms with Gasteiger partial charge < -0.3 is 15.3 Å². The molecule has 0 aromatic carbocycles. The highest BCUT2D eigenvalue weighted by Gasteiger charge is 2.30. The third-order valence-electron chi connectivity index (χ3n) is 1.52. The maximum Gasteiger partial charge on any atom is 0.111 e. The van der Waals surface area contributed by atoms with E-state index in [2.05, 4.69) is 15.9 Å². The topological polar surface area (TPSA) is 60.7 Å². The SMILES string of the molecule is O[C@H]1[C@H](O)[C@H](Br)C=C[C@H]1O. The van der Waals surface area contributed by atoms with Gasteiger partial charge in [0.25, 0.3) is 0 Å². The number of hydrogen-bond acceptors (Lipinski definition) is 3. The quantitative estimate of drug-likeness (QED) is 0.369. The number of halogens is 1. The molecule has 0 aromatic heterocycles. The molecule has 0 aliphatic heterocycles. The molecule has 0 saturated carbocycles. The summed E-state index contributed by atoms with van der Waals surface area (Å²) in [5, 5.41) is 27.1. The van der Waals surface area contributed by atoms with Crippen LogP contribution < -0.4 is 0 Å². The molecule has 0 saturated heterocycles. The third-order valence-corrected chi connectivity index (χ3v) is 2.37. The summed E-state index contributed by atoms with van der Waals surface area (Å²) in [4.78, 5) is -0.258. The van der Waals surface area contributed by atoms with E-state index in [1.54, 1.807) is 6.08 Å². The fourth-order valence-electron chi connectivity index (χ4n) is 0.838. The molecule has 0 amide bonds. The average molecular weight is 209 g/mol.